The molecule has 0 spiro atoms. The molecule has 1 aromatic rings. The van der Waals surface area contributed by atoms with Crippen LogP contribution in [-0.4, -0.2) is 32.8 Å². The Morgan fingerprint density at radius 3 is 2.80 bits per heavy atom. The predicted molar refractivity (Wildman–Crippen MR) is 80.7 cm³/mol. The van der Waals surface area contributed by atoms with E-state index in [-0.39, 0.29) is 18.4 Å². The van der Waals surface area contributed by atoms with Gasteiger partial charge in [0.25, 0.3) is 0 Å². The first-order valence-electron chi connectivity index (χ1n) is 6.81. The number of hydrogen-bond acceptors (Lipinski definition) is 4. The molecule has 0 aromatic heterocycles. The van der Waals surface area contributed by atoms with E-state index in [1.54, 1.807) is 12.1 Å². The Morgan fingerprint density at radius 2 is 2.10 bits per heavy atom. The molecule has 4 nitrogen and oxygen atoms in total. The summed E-state index contributed by atoms with van der Waals surface area (Å²) in [5.74, 6) is 1.16. The summed E-state index contributed by atoms with van der Waals surface area (Å²) in [6.07, 6.45) is 3.53. The number of hydrogen-bond donors (Lipinski definition) is 1. The van der Waals surface area contributed by atoms with Gasteiger partial charge < -0.3 is 14.8 Å². The van der Waals surface area contributed by atoms with Crippen LogP contribution in [0.1, 0.15) is 29.6 Å². The fourth-order valence-electron chi connectivity index (χ4n) is 2.34. The lowest BCUT2D eigenvalue weighted by molar-refractivity contribution is 0.0600. The first kappa shape index (κ1) is 16.8. The zero-order chi connectivity index (χ0) is 13.5. The summed E-state index contributed by atoms with van der Waals surface area (Å²) in [5, 5.41) is 3.36. The molecule has 1 heterocycles. The molecular weight excluding hydrogens is 278 g/mol. The lowest BCUT2D eigenvalue weighted by atomic mass is 9.95. The lowest BCUT2D eigenvalue weighted by Gasteiger charge is -2.22. The summed E-state index contributed by atoms with van der Waals surface area (Å²) in [6.45, 7) is 2.93. The minimum Gasteiger partial charge on any atom is -0.494 e. The van der Waals surface area contributed by atoms with Crippen molar-refractivity contribution in [2.45, 2.75) is 19.3 Å². The molecule has 1 aliphatic heterocycles. The second-order valence-electron chi connectivity index (χ2n) is 4.85. The van der Waals surface area contributed by atoms with Crippen LogP contribution in [0.2, 0.25) is 0 Å². The van der Waals surface area contributed by atoms with Crippen LogP contribution in [0.4, 0.5) is 0 Å². The first-order chi connectivity index (χ1) is 9.29. The van der Waals surface area contributed by atoms with Gasteiger partial charge in [0.05, 0.1) is 19.3 Å². The van der Waals surface area contributed by atoms with Gasteiger partial charge in [-0.15, -0.1) is 12.4 Å². The van der Waals surface area contributed by atoms with Crippen LogP contribution in [0.5, 0.6) is 5.75 Å². The molecule has 2 rings (SSSR count). The van der Waals surface area contributed by atoms with E-state index in [1.165, 1.54) is 20.0 Å². The highest BCUT2D eigenvalue weighted by atomic mass is 35.5. The number of halogens is 1. The number of carbonyl (C=O) groups excluding carboxylic acids is 1. The molecule has 1 saturated heterocycles. The Balaban J connectivity index is 0.00000200. The Morgan fingerprint density at radius 1 is 1.35 bits per heavy atom. The van der Waals surface area contributed by atoms with Crippen LogP contribution in [0.15, 0.2) is 24.3 Å². The van der Waals surface area contributed by atoms with Crippen molar-refractivity contribution in [1.29, 1.82) is 0 Å². The topological polar surface area (TPSA) is 47.6 Å². The average Bonchev–Trinajstić information content (AvgIpc) is 2.48. The number of ether oxygens (including phenoxy) is 2. The molecule has 1 fully saturated rings. The van der Waals surface area contributed by atoms with Crippen molar-refractivity contribution in [2.24, 2.45) is 5.92 Å². The monoisotopic (exact) mass is 299 g/mol. The second-order valence-corrected chi connectivity index (χ2v) is 4.85. The largest absolute Gasteiger partial charge is 0.494 e. The SMILES string of the molecule is COC(=O)c1cccc(OCCC2CCNCC2)c1.Cl. The van der Waals surface area contributed by atoms with E-state index in [9.17, 15) is 4.79 Å². The molecule has 0 unspecified atom stereocenters. The van der Waals surface area contributed by atoms with Crippen molar-refractivity contribution in [1.82, 2.24) is 5.32 Å². The zero-order valence-corrected chi connectivity index (χ0v) is 12.6. The number of methoxy groups -OCH3 is 1. The second kappa shape index (κ2) is 8.82. The molecule has 0 atom stereocenters. The van der Waals surface area contributed by atoms with Crippen molar-refractivity contribution in [3.05, 3.63) is 29.8 Å². The fourth-order valence-corrected chi connectivity index (χ4v) is 2.34. The average molecular weight is 300 g/mol. The van der Waals surface area contributed by atoms with Crippen LogP contribution < -0.4 is 10.1 Å². The van der Waals surface area contributed by atoms with E-state index in [1.807, 2.05) is 12.1 Å². The lowest BCUT2D eigenvalue weighted by Crippen LogP contribution is -2.28. The van der Waals surface area contributed by atoms with Crippen molar-refractivity contribution < 1.29 is 14.3 Å². The third-order valence-electron chi connectivity index (χ3n) is 3.51. The van der Waals surface area contributed by atoms with Crippen molar-refractivity contribution in [3.63, 3.8) is 0 Å². The van der Waals surface area contributed by atoms with Gasteiger partial charge in [-0.05, 0) is 56.5 Å². The molecule has 1 N–H and O–H groups in total. The number of rotatable bonds is 5. The first-order valence-corrected chi connectivity index (χ1v) is 6.81. The standard InChI is InChI=1S/C15H21NO3.ClH/c1-18-15(17)13-3-2-4-14(11-13)19-10-7-12-5-8-16-9-6-12;/h2-4,11-12,16H,5-10H2,1H3;1H. The van der Waals surface area contributed by atoms with Crippen LogP contribution >= 0.6 is 12.4 Å². The number of benzene rings is 1. The summed E-state index contributed by atoms with van der Waals surface area (Å²) >= 11 is 0. The van der Waals surface area contributed by atoms with E-state index in [0.29, 0.717) is 12.2 Å². The predicted octanol–water partition coefficient (Wildman–Crippen LogP) is 2.66. The summed E-state index contributed by atoms with van der Waals surface area (Å²) in [7, 11) is 1.38. The van der Waals surface area contributed by atoms with Crippen molar-refractivity contribution >= 4 is 18.4 Å². The normalized spacial score (nSPS) is 15.2. The molecule has 1 aliphatic rings. The van der Waals surface area contributed by atoms with Gasteiger partial charge in [0.1, 0.15) is 5.75 Å². The van der Waals surface area contributed by atoms with Crippen LogP contribution in [0, 0.1) is 5.92 Å². The van der Waals surface area contributed by atoms with Crippen LogP contribution in [-0.2, 0) is 4.74 Å². The highest BCUT2D eigenvalue weighted by Crippen LogP contribution is 2.18. The van der Waals surface area contributed by atoms with Gasteiger partial charge >= 0.3 is 5.97 Å². The Hall–Kier alpha value is -1.26. The van der Waals surface area contributed by atoms with E-state index in [4.69, 9.17) is 4.74 Å². The van der Waals surface area contributed by atoms with Gasteiger partial charge in [-0.1, -0.05) is 6.07 Å². The molecule has 0 radical (unpaired) electrons. The summed E-state index contributed by atoms with van der Waals surface area (Å²) in [6, 6.07) is 7.14. The number of carbonyl (C=O) groups is 1. The van der Waals surface area contributed by atoms with Crippen LogP contribution in [0.3, 0.4) is 0 Å². The van der Waals surface area contributed by atoms with E-state index >= 15 is 0 Å². The van der Waals surface area contributed by atoms with E-state index < -0.39 is 0 Å². The Labute approximate surface area is 126 Å². The number of piperidine rings is 1. The highest BCUT2D eigenvalue weighted by molar-refractivity contribution is 5.89. The maximum absolute atomic E-state index is 11.4. The molecule has 0 bridgehead atoms. The molecule has 5 heteroatoms. The molecule has 1 aromatic carbocycles. The quantitative estimate of drug-likeness (QED) is 0.849. The van der Waals surface area contributed by atoms with Gasteiger partial charge in [-0.3, -0.25) is 0 Å². The van der Waals surface area contributed by atoms with Crippen LogP contribution in [0.25, 0.3) is 0 Å². The van der Waals surface area contributed by atoms with Crippen molar-refractivity contribution in [3.8, 4) is 5.75 Å². The summed E-state index contributed by atoms with van der Waals surface area (Å²) < 4.78 is 10.4. The molecule has 0 amide bonds. The van der Waals surface area contributed by atoms with Gasteiger partial charge in [0, 0.05) is 0 Å². The van der Waals surface area contributed by atoms with Gasteiger partial charge in [-0.2, -0.15) is 0 Å². The fraction of sp³-hybridized carbons (Fsp3) is 0.533. The molecule has 112 valence electrons. The third-order valence-corrected chi connectivity index (χ3v) is 3.51. The smallest absolute Gasteiger partial charge is 0.337 e. The molecular formula is C15H22ClNO3. The minimum absolute atomic E-state index is 0. The minimum atomic E-state index is -0.330. The zero-order valence-electron chi connectivity index (χ0n) is 11.8. The summed E-state index contributed by atoms with van der Waals surface area (Å²) in [5.41, 5.74) is 0.530. The maximum Gasteiger partial charge on any atom is 0.337 e. The molecule has 0 saturated carbocycles. The number of esters is 1. The Bertz CT molecular complexity index is 419. The van der Waals surface area contributed by atoms with Gasteiger partial charge in [0.2, 0.25) is 0 Å². The van der Waals surface area contributed by atoms with E-state index in [0.717, 1.165) is 31.2 Å². The van der Waals surface area contributed by atoms with Crippen molar-refractivity contribution in [2.75, 3.05) is 26.8 Å². The van der Waals surface area contributed by atoms with Gasteiger partial charge in [-0.25, -0.2) is 4.79 Å². The highest BCUT2D eigenvalue weighted by Gasteiger charge is 2.13. The number of nitrogens with one attached hydrogen (secondary N) is 1. The van der Waals surface area contributed by atoms with Gasteiger partial charge in [0.15, 0.2) is 0 Å². The van der Waals surface area contributed by atoms with E-state index in [2.05, 4.69) is 10.1 Å². The third kappa shape index (κ3) is 5.02. The molecule has 20 heavy (non-hydrogen) atoms. The molecule has 0 aliphatic carbocycles. The maximum atomic E-state index is 11.4. The summed E-state index contributed by atoms with van der Waals surface area (Å²) in [4.78, 5) is 11.4. The Kier molecular flexibility index (Phi) is 7.41.